The van der Waals surface area contributed by atoms with Gasteiger partial charge in [0.15, 0.2) is 0 Å². The molecule has 0 aromatic heterocycles. The van der Waals surface area contributed by atoms with Crippen LogP contribution in [-0.4, -0.2) is 49.4 Å². The summed E-state index contributed by atoms with van der Waals surface area (Å²) in [5.74, 6) is 0.293. The van der Waals surface area contributed by atoms with Gasteiger partial charge in [-0.15, -0.1) is 6.58 Å². The maximum absolute atomic E-state index is 12.7. The van der Waals surface area contributed by atoms with E-state index in [-0.39, 0.29) is 24.3 Å². The Balaban J connectivity index is 1.61. The Morgan fingerprint density at radius 3 is 3.04 bits per heavy atom. The van der Waals surface area contributed by atoms with Crippen LogP contribution in [0.15, 0.2) is 36.9 Å². The molecular formula is C19H25ClN2O3. The van der Waals surface area contributed by atoms with E-state index in [1.54, 1.807) is 0 Å². The van der Waals surface area contributed by atoms with E-state index in [2.05, 4.69) is 11.9 Å². The van der Waals surface area contributed by atoms with E-state index in [4.69, 9.17) is 21.1 Å². The lowest BCUT2D eigenvalue weighted by atomic mass is 10.0. The lowest BCUT2D eigenvalue weighted by molar-refractivity contribution is -0.0498. The molecule has 0 aliphatic carbocycles. The summed E-state index contributed by atoms with van der Waals surface area (Å²) >= 11 is 6.09. The van der Waals surface area contributed by atoms with Crippen molar-refractivity contribution >= 4 is 17.6 Å². The summed E-state index contributed by atoms with van der Waals surface area (Å²) in [5.41, 5.74) is 0.994. The van der Waals surface area contributed by atoms with Crippen LogP contribution in [0, 0.1) is 5.92 Å². The van der Waals surface area contributed by atoms with Crippen LogP contribution in [0.25, 0.3) is 0 Å². The number of benzene rings is 1. The molecule has 2 fully saturated rings. The number of hydrogen-bond donors (Lipinski definition) is 1. The van der Waals surface area contributed by atoms with Crippen molar-refractivity contribution in [3.8, 4) is 0 Å². The first-order valence-electron chi connectivity index (χ1n) is 8.76. The van der Waals surface area contributed by atoms with Crippen molar-refractivity contribution in [1.82, 2.24) is 10.2 Å². The average molecular weight is 365 g/mol. The quantitative estimate of drug-likeness (QED) is 0.833. The number of nitrogens with one attached hydrogen (secondary N) is 1. The van der Waals surface area contributed by atoms with Crippen LogP contribution < -0.4 is 5.32 Å². The lowest BCUT2D eigenvalue weighted by Gasteiger charge is -2.39. The minimum absolute atomic E-state index is 0.0293. The van der Waals surface area contributed by atoms with Gasteiger partial charge in [0.05, 0.1) is 18.8 Å². The molecule has 136 valence electrons. The van der Waals surface area contributed by atoms with Crippen LogP contribution in [0.5, 0.6) is 0 Å². The number of urea groups is 1. The van der Waals surface area contributed by atoms with Gasteiger partial charge in [-0.05, 0) is 31.0 Å². The Hall–Kier alpha value is -1.56. The van der Waals surface area contributed by atoms with E-state index in [1.165, 1.54) is 0 Å². The van der Waals surface area contributed by atoms with Gasteiger partial charge in [0.25, 0.3) is 0 Å². The number of halogens is 1. The lowest BCUT2D eigenvalue weighted by Crippen LogP contribution is -2.53. The molecule has 2 heterocycles. The molecule has 5 nitrogen and oxygen atoms in total. The summed E-state index contributed by atoms with van der Waals surface area (Å²) in [6.45, 7) is 8.22. The molecule has 2 aliphatic rings. The van der Waals surface area contributed by atoms with Crippen LogP contribution in [-0.2, 0) is 9.47 Å². The fourth-order valence-electron chi connectivity index (χ4n) is 3.58. The molecule has 6 heteroatoms. The third-order valence-corrected chi connectivity index (χ3v) is 5.24. The first-order valence-corrected chi connectivity index (χ1v) is 9.13. The molecule has 4 atom stereocenters. The van der Waals surface area contributed by atoms with Gasteiger partial charge in [-0.1, -0.05) is 29.8 Å². The molecule has 2 amide bonds. The molecule has 2 aliphatic heterocycles. The molecule has 1 aromatic rings. The fourth-order valence-corrected chi connectivity index (χ4v) is 3.78. The highest BCUT2D eigenvalue weighted by Crippen LogP contribution is 2.30. The van der Waals surface area contributed by atoms with Gasteiger partial charge in [-0.3, -0.25) is 0 Å². The minimum Gasteiger partial charge on any atom is -0.374 e. The zero-order chi connectivity index (χ0) is 17.8. The number of rotatable bonds is 4. The summed E-state index contributed by atoms with van der Waals surface area (Å²) in [7, 11) is 0. The van der Waals surface area contributed by atoms with Crippen LogP contribution in [0.4, 0.5) is 4.79 Å². The van der Waals surface area contributed by atoms with Gasteiger partial charge < -0.3 is 19.7 Å². The van der Waals surface area contributed by atoms with Crippen LogP contribution in [0.3, 0.4) is 0 Å². The maximum Gasteiger partial charge on any atom is 0.317 e. The molecule has 0 bridgehead atoms. The second-order valence-corrected chi connectivity index (χ2v) is 7.02. The molecule has 0 spiro atoms. The molecule has 0 radical (unpaired) electrons. The molecule has 3 rings (SSSR count). The number of nitrogens with zero attached hydrogens (tertiary/aromatic N) is 1. The fraction of sp³-hybridized carbons (Fsp3) is 0.526. The Kier molecular flexibility index (Phi) is 5.99. The normalized spacial score (nSPS) is 29.4. The molecular weight excluding hydrogens is 340 g/mol. The number of hydrogen-bond acceptors (Lipinski definition) is 3. The second-order valence-electron chi connectivity index (χ2n) is 6.59. The van der Waals surface area contributed by atoms with E-state index < -0.39 is 0 Å². The summed E-state index contributed by atoms with van der Waals surface area (Å²) in [6.07, 6.45) is 2.62. The van der Waals surface area contributed by atoms with Gasteiger partial charge in [0.2, 0.25) is 0 Å². The highest BCUT2D eigenvalue weighted by Gasteiger charge is 2.34. The minimum atomic E-state index is -0.172. The molecule has 1 aromatic carbocycles. The Morgan fingerprint density at radius 2 is 2.28 bits per heavy atom. The van der Waals surface area contributed by atoms with E-state index in [1.807, 2.05) is 42.2 Å². The van der Waals surface area contributed by atoms with Crippen LogP contribution in [0.1, 0.15) is 25.0 Å². The Labute approximate surface area is 153 Å². The number of carbonyl (C=O) groups is 1. The predicted molar refractivity (Wildman–Crippen MR) is 97.8 cm³/mol. The smallest absolute Gasteiger partial charge is 0.317 e. The molecule has 0 saturated carbocycles. The van der Waals surface area contributed by atoms with E-state index in [9.17, 15) is 4.79 Å². The average Bonchev–Trinajstić information content (AvgIpc) is 3.07. The van der Waals surface area contributed by atoms with Crippen LogP contribution >= 0.6 is 11.6 Å². The topological polar surface area (TPSA) is 50.8 Å². The third-order valence-electron chi connectivity index (χ3n) is 5.01. The van der Waals surface area contributed by atoms with E-state index >= 15 is 0 Å². The highest BCUT2D eigenvalue weighted by molar-refractivity contribution is 6.30. The van der Waals surface area contributed by atoms with Crippen molar-refractivity contribution in [1.29, 1.82) is 0 Å². The van der Waals surface area contributed by atoms with Gasteiger partial charge in [0, 0.05) is 30.6 Å². The van der Waals surface area contributed by atoms with Crippen molar-refractivity contribution in [2.24, 2.45) is 5.92 Å². The first-order chi connectivity index (χ1) is 12.1. The zero-order valence-corrected chi connectivity index (χ0v) is 15.2. The van der Waals surface area contributed by atoms with E-state index in [0.29, 0.717) is 30.6 Å². The van der Waals surface area contributed by atoms with Crippen LogP contribution in [0.2, 0.25) is 5.02 Å². The highest BCUT2D eigenvalue weighted by atomic mass is 35.5. The SMILES string of the molecule is C=C[C@@H]1OCC[C@H]1CNC(=O)N1CCO[C@H](c2cccc(Cl)c2)[C@H]1C. The van der Waals surface area contributed by atoms with Crippen molar-refractivity contribution in [2.75, 3.05) is 26.3 Å². The molecule has 25 heavy (non-hydrogen) atoms. The number of ether oxygens (including phenoxy) is 2. The monoisotopic (exact) mass is 364 g/mol. The van der Waals surface area contributed by atoms with Gasteiger partial charge in [-0.2, -0.15) is 0 Å². The largest absolute Gasteiger partial charge is 0.374 e. The van der Waals surface area contributed by atoms with Gasteiger partial charge in [-0.25, -0.2) is 4.79 Å². The van der Waals surface area contributed by atoms with Gasteiger partial charge in [0.1, 0.15) is 6.10 Å². The third kappa shape index (κ3) is 4.17. The Morgan fingerprint density at radius 1 is 1.44 bits per heavy atom. The first kappa shape index (κ1) is 18.2. The van der Waals surface area contributed by atoms with Gasteiger partial charge >= 0.3 is 6.03 Å². The molecule has 1 N–H and O–H groups in total. The van der Waals surface area contributed by atoms with Crippen molar-refractivity contribution < 1.29 is 14.3 Å². The van der Waals surface area contributed by atoms with Crippen molar-refractivity contribution in [2.45, 2.75) is 31.6 Å². The number of carbonyl (C=O) groups excluding carboxylic acids is 1. The Bertz CT molecular complexity index is 624. The van der Waals surface area contributed by atoms with Crippen molar-refractivity contribution in [3.05, 3.63) is 47.5 Å². The predicted octanol–water partition coefficient (Wildman–Crippen LogP) is 3.40. The molecule has 2 saturated heterocycles. The number of amides is 2. The summed E-state index contributed by atoms with van der Waals surface area (Å²) < 4.78 is 11.5. The standard InChI is InChI=1S/C19H25ClN2O3/c1-3-17-15(7-9-24-17)12-21-19(23)22-8-10-25-18(13(22)2)14-5-4-6-16(20)11-14/h3-6,11,13,15,17-18H,1,7-10,12H2,2H3,(H,21,23)/t13-,15+,17+,18+/m1/s1. The summed E-state index contributed by atoms with van der Waals surface area (Å²) in [5, 5.41) is 3.72. The van der Waals surface area contributed by atoms with E-state index in [0.717, 1.165) is 18.6 Å². The van der Waals surface area contributed by atoms with Crippen molar-refractivity contribution in [3.63, 3.8) is 0 Å². The summed E-state index contributed by atoms with van der Waals surface area (Å²) in [4.78, 5) is 14.5. The maximum atomic E-state index is 12.7. The summed E-state index contributed by atoms with van der Waals surface area (Å²) in [6, 6.07) is 7.50. The molecule has 0 unspecified atom stereocenters. The second kappa shape index (κ2) is 8.21. The zero-order valence-electron chi connectivity index (χ0n) is 14.5. The number of morpholine rings is 1.